The van der Waals surface area contributed by atoms with Crippen molar-refractivity contribution < 1.29 is 9.36 Å². The Kier molecular flexibility index (Phi) is 10.8. The number of anilines is 1. The Hall–Kier alpha value is -5.68. The third-order valence-corrected chi connectivity index (χ3v) is 8.53. The van der Waals surface area contributed by atoms with Gasteiger partial charge in [0.1, 0.15) is 6.15 Å². The maximum atomic E-state index is 11.8. The van der Waals surface area contributed by atoms with Gasteiger partial charge in [-0.1, -0.05) is 146 Å². The van der Waals surface area contributed by atoms with Crippen LogP contribution in [-0.2, 0) is 0 Å². The zero-order valence-electron chi connectivity index (χ0n) is 27.6. The summed E-state index contributed by atoms with van der Waals surface area (Å²) in [5.41, 5.74) is 8.74. The van der Waals surface area contributed by atoms with Gasteiger partial charge in [0.15, 0.2) is 0 Å². The summed E-state index contributed by atoms with van der Waals surface area (Å²) in [4.78, 5) is 15.4. The minimum Gasteiger partial charge on any atom is -0.378 e. The van der Waals surface area contributed by atoms with Crippen LogP contribution in [0.25, 0.3) is 12.2 Å². The number of carbonyl (C=O) groups excluding carboxylic acids is 1. The lowest BCUT2D eigenvalue weighted by Gasteiger charge is -2.44. The number of benzene rings is 5. The monoisotopic (exact) mass is 615 g/mol. The van der Waals surface area contributed by atoms with E-state index in [9.17, 15) is 4.79 Å². The number of rotatable bonds is 7. The number of nitrogens with zero attached hydrogens (tertiary/aromatic N) is 3. The Balaban J connectivity index is 0.000000186. The third-order valence-electron chi connectivity index (χ3n) is 8.53. The lowest BCUT2D eigenvalue weighted by molar-refractivity contribution is -0.577. The highest BCUT2D eigenvalue weighted by molar-refractivity contribution is 7.19. The molecule has 47 heavy (non-hydrogen) atoms. The first kappa shape index (κ1) is 32.7. The molecule has 0 fully saturated rings. The van der Waals surface area contributed by atoms with Crippen LogP contribution in [0.5, 0.6) is 0 Å². The SMILES string of the molecule is CN(C)C(=O)[n+]1ccc(C=Cc2ccc(N(C)C)cc2)cc1.c1ccc([B-](c2ccccc2)(c2ccccc2)c2ccccc2)cc1. The van der Waals surface area contributed by atoms with E-state index in [1.165, 1.54) is 27.5 Å². The minimum atomic E-state index is -1.22. The number of hydrogen-bond acceptors (Lipinski definition) is 2. The molecule has 1 heterocycles. The molecule has 0 radical (unpaired) electrons. The molecule has 4 nitrogen and oxygen atoms in total. The molecular weight excluding hydrogens is 573 g/mol. The molecule has 0 spiro atoms. The summed E-state index contributed by atoms with van der Waals surface area (Å²) in [7, 11) is 7.53. The summed E-state index contributed by atoms with van der Waals surface area (Å²) in [5, 5.41) is 0. The average molecular weight is 616 g/mol. The fraction of sp³-hybridized carbons (Fsp3) is 0.0952. The molecule has 234 valence electrons. The normalized spacial score (nSPS) is 11.0. The first-order valence-electron chi connectivity index (χ1n) is 16.0. The van der Waals surface area contributed by atoms with Gasteiger partial charge in [-0.15, -0.1) is 0 Å². The van der Waals surface area contributed by atoms with Crippen LogP contribution in [0, 0.1) is 0 Å². The molecule has 0 saturated carbocycles. The number of pyridine rings is 1. The molecule has 1 aromatic heterocycles. The van der Waals surface area contributed by atoms with Gasteiger partial charge in [0.2, 0.25) is 0 Å². The van der Waals surface area contributed by atoms with Crippen molar-refractivity contribution in [3.05, 3.63) is 181 Å². The van der Waals surface area contributed by atoms with Gasteiger partial charge < -0.3 is 4.90 Å². The molecule has 0 aliphatic heterocycles. The van der Waals surface area contributed by atoms with E-state index in [-0.39, 0.29) is 6.03 Å². The zero-order valence-corrected chi connectivity index (χ0v) is 27.6. The van der Waals surface area contributed by atoms with Crippen molar-refractivity contribution in [1.82, 2.24) is 4.90 Å². The van der Waals surface area contributed by atoms with Crippen LogP contribution >= 0.6 is 0 Å². The van der Waals surface area contributed by atoms with E-state index >= 15 is 0 Å². The Bertz CT molecular complexity index is 1690. The number of amides is 1. The van der Waals surface area contributed by atoms with Crippen molar-refractivity contribution in [3.8, 4) is 0 Å². The molecule has 0 bridgehead atoms. The van der Waals surface area contributed by atoms with E-state index in [4.69, 9.17) is 0 Å². The number of carbonyl (C=O) groups is 1. The largest absolute Gasteiger partial charge is 0.497 e. The molecule has 0 N–H and O–H groups in total. The second-order valence-electron chi connectivity index (χ2n) is 12.0. The second-order valence-corrected chi connectivity index (χ2v) is 12.0. The van der Waals surface area contributed by atoms with Crippen LogP contribution in [0.1, 0.15) is 11.1 Å². The number of hydrogen-bond donors (Lipinski definition) is 0. The van der Waals surface area contributed by atoms with Gasteiger partial charge >= 0.3 is 6.03 Å². The molecular formula is C42H42BN3O. The van der Waals surface area contributed by atoms with Gasteiger partial charge in [-0.3, -0.25) is 0 Å². The van der Waals surface area contributed by atoms with E-state index in [1.54, 1.807) is 36.0 Å². The van der Waals surface area contributed by atoms with Crippen LogP contribution in [0.2, 0.25) is 0 Å². The van der Waals surface area contributed by atoms with E-state index in [2.05, 4.69) is 157 Å². The first-order chi connectivity index (χ1) is 22.9. The highest BCUT2D eigenvalue weighted by Gasteiger charge is 2.31. The average Bonchev–Trinajstić information content (AvgIpc) is 3.13. The van der Waals surface area contributed by atoms with Crippen molar-refractivity contribution in [2.45, 2.75) is 0 Å². The van der Waals surface area contributed by atoms with Crippen LogP contribution < -0.4 is 31.3 Å². The predicted octanol–water partition coefficient (Wildman–Crippen LogP) is 5.80. The molecule has 0 aliphatic rings. The molecule has 0 unspecified atom stereocenters. The molecule has 0 saturated heterocycles. The van der Waals surface area contributed by atoms with Crippen LogP contribution in [0.3, 0.4) is 0 Å². The topological polar surface area (TPSA) is 27.4 Å². The van der Waals surface area contributed by atoms with Gasteiger partial charge in [-0.2, -0.15) is 31.2 Å². The minimum absolute atomic E-state index is 0.0604. The standard InChI is InChI=1S/C24H20B.C18H22N3O/c1-5-13-21(14-6-1)25(22-15-7-2-8-16-22,23-17-9-3-10-18-23)24-19-11-4-12-20-24;1-19(2)17-9-7-15(8-10-17)5-6-16-11-13-21(14-12-16)18(22)20(3)4/h1-20H;5-14H,1-4H3/q-1;+1. The third kappa shape index (κ3) is 7.77. The fourth-order valence-corrected chi connectivity index (χ4v) is 6.11. The first-order valence-corrected chi connectivity index (χ1v) is 16.0. The lowest BCUT2D eigenvalue weighted by atomic mass is 9.13. The van der Waals surface area contributed by atoms with E-state index < -0.39 is 6.15 Å². The van der Waals surface area contributed by atoms with Gasteiger partial charge in [-0.25, -0.2) is 4.90 Å². The predicted molar refractivity (Wildman–Crippen MR) is 201 cm³/mol. The quantitative estimate of drug-likeness (QED) is 0.168. The van der Waals surface area contributed by atoms with E-state index in [0.717, 1.165) is 11.1 Å². The number of aromatic nitrogens is 1. The highest BCUT2D eigenvalue weighted by Crippen LogP contribution is 2.14. The maximum Gasteiger partial charge on any atom is 0.497 e. The van der Waals surface area contributed by atoms with Crippen LogP contribution in [0.4, 0.5) is 10.5 Å². The molecule has 6 rings (SSSR count). The molecule has 1 amide bonds. The van der Waals surface area contributed by atoms with Crippen LogP contribution in [-0.4, -0.2) is 45.3 Å². The highest BCUT2D eigenvalue weighted by atomic mass is 16.2. The lowest BCUT2D eigenvalue weighted by Crippen LogP contribution is -2.74. The summed E-state index contributed by atoms with van der Waals surface area (Å²) in [6.07, 6.45) is 6.43. The molecule has 0 aliphatic carbocycles. The van der Waals surface area contributed by atoms with Crippen molar-refractivity contribution in [1.29, 1.82) is 0 Å². The summed E-state index contributed by atoms with van der Waals surface area (Å²) >= 11 is 0. The Labute approximate surface area is 279 Å². The maximum absolute atomic E-state index is 11.8. The summed E-state index contributed by atoms with van der Waals surface area (Å²) in [5.74, 6) is 0. The van der Waals surface area contributed by atoms with Gasteiger partial charge in [0.25, 0.3) is 0 Å². The summed E-state index contributed by atoms with van der Waals surface area (Å²) < 4.78 is 1.56. The van der Waals surface area contributed by atoms with E-state index in [1.807, 2.05) is 32.3 Å². The Morgan fingerprint density at radius 1 is 0.489 bits per heavy atom. The smallest absolute Gasteiger partial charge is 0.378 e. The summed E-state index contributed by atoms with van der Waals surface area (Å²) in [6, 6.07) is 55.7. The Morgan fingerprint density at radius 3 is 1.15 bits per heavy atom. The molecule has 0 atom stereocenters. The van der Waals surface area contributed by atoms with Gasteiger partial charge in [0.05, 0.1) is 26.5 Å². The fourth-order valence-electron chi connectivity index (χ4n) is 6.11. The van der Waals surface area contributed by atoms with E-state index in [0.29, 0.717) is 0 Å². The van der Waals surface area contributed by atoms with Crippen molar-refractivity contribution >= 4 is 51.9 Å². The van der Waals surface area contributed by atoms with Crippen LogP contribution in [0.15, 0.2) is 170 Å². The zero-order chi connectivity index (χ0) is 33.1. The van der Waals surface area contributed by atoms with Crippen molar-refractivity contribution in [2.24, 2.45) is 0 Å². The van der Waals surface area contributed by atoms with Gasteiger partial charge in [0, 0.05) is 19.8 Å². The molecule has 6 aromatic rings. The van der Waals surface area contributed by atoms with Crippen molar-refractivity contribution in [3.63, 3.8) is 0 Å². The van der Waals surface area contributed by atoms with Crippen molar-refractivity contribution in [2.75, 3.05) is 33.1 Å². The van der Waals surface area contributed by atoms with Gasteiger partial charge in [-0.05, 0) is 35.4 Å². The summed E-state index contributed by atoms with van der Waals surface area (Å²) in [6.45, 7) is 0. The second kappa shape index (κ2) is 15.6. The Morgan fingerprint density at radius 2 is 0.830 bits per heavy atom. The molecule has 5 heteroatoms. The molecule has 5 aromatic carbocycles.